The Morgan fingerprint density at radius 1 is 1.54 bits per heavy atom. The van der Waals surface area contributed by atoms with E-state index >= 15 is 0 Å². The van der Waals surface area contributed by atoms with E-state index in [2.05, 4.69) is 21.8 Å². The first-order chi connectivity index (χ1) is 6.33. The zero-order chi connectivity index (χ0) is 9.26. The van der Waals surface area contributed by atoms with Crippen molar-refractivity contribution in [2.45, 2.75) is 32.7 Å². The predicted octanol–water partition coefficient (Wildman–Crippen LogP) is 0.900. The van der Waals surface area contributed by atoms with Gasteiger partial charge in [0.2, 0.25) is 0 Å². The molecule has 0 unspecified atom stereocenters. The molecular weight excluding hydrogens is 162 g/mol. The van der Waals surface area contributed by atoms with Gasteiger partial charge in [-0.1, -0.05) is 0 Å². The van der Waals surface area contributed by atoms with Crippen molar-refractivity contribution in [2.24, 2.45) is 0 Å². The number of hydrogen-bond acceptors (Lipinski definition) is 2. The molecule has 0 radical (unpaired) electrons. The molecule has 2 heterocycles. The Balaban J connectivity index is 2.22. The first kappa shape index (κ1) is 8.75. The summed E-state index contributed by atoms with van der Waals surface area (Å²) in [6.07, 6.45) is 3.55. The van der Waals surface area contributed by atoms with E-state index in [0.717, 1.165) is 13.0 Å². The molecule has 0 fully saturated rings. The molecule has 1 N–H and O–H groups in total. The van der Waals surface area contributed by atoms with Crippen LogP contribution in [0.1, 0.15) is 23.6 Å². The van der Waals surface area contributed by atoms with Crippen molar-refractivity contribution < 1.29 is 0 Å². The van der Waals surface area contributed by atoms with Crippen LogP contribution < -0.4 is 5.32 Å². The van der Waals surface area contributed by atoms with E-state index in [1.54, 1.807) is 0 Å². The van der Waals surface area contributed by atoms with Crippen LogP contribution in [-0.2, 0) is 19.4 Å². The number of imidazole rings is 1. The number of hydrogen-bond donors (Lipinski definition) is 1. The summed E-state index contributed by atoms with van der Waals surface area (Å²) in [5, 5.41) is 3.18. The van der Waals surface area contributed by atoms with Crippen molar-refractivity contribution in [3.8, 4) is 0 Å². The lowest BCUT2D eigenvalue weighted by Crippen LogP contribution is -2.13. The van der Waals surface area contributed by atoms with Gasteiger partial charge in [-0.15, -0.1) is 0 Å². The van der Waals surface area contributed by atoms with Gasteiger partial charge in [-0.05, 0) is 20.4 Å². The normalized spacial score (nSPS) is 14.9. The summed E-state index contributed by atoms with van der Waals surface area (Å²) in [7, 11) is 2.00. The van der Waals surface area contributed by atoms with Crippen molar-refractivity contribution in [3.05, 3.63) is 17.2 Å². The van der Waals surface area contributed by atoms with Crippen molar-refractivity contribution in [1.82, 2.24) is 14.9 Å². The molecule has 13 heavy (non-hydrogen) atoms. The fraction of sp³-hybridized carbons (Fsp3) is 0.700. The summed E-state index contributed by atoms with van der Waals surface area (Å²) in [5.74, 6) is 1.30. The van der Waals surface area contributed by atoms with Gasteiger partial charge in [0, 0.05) is 31.6 Å². The van der Waals surface area contributed by atoms with Crippen LogP contribution >= 0.6 is 0 Å². The van der Waals surface area contributed by atoms with Gasteiger partial charge in [-0.25, -0.2) is 4.98 Å². The van der Waals surface area contributed by atoms with E-state index in [1.165, 1.54) is 36.6 Å². The monoisotopic (exact) mass is 179 g/mol. The van der Waals surface area contributed by atoms with Crippen molar-refractivity contribution in [1.29, 1.82) is 0 Å². The molecule has 0 spiro atoms. The van der Waals surface area contributed by atoms with Crippen LogP contribution in [0.3, 0.4) is 0 Å². The first-order valence-corrected chi connectivity index (χ1v) is 5.02. The Morgan fingerprint density at radius 2 is 2.38 bits per heavy atom. The van der Waals surface area contributed by atoms with E-state index in [1.807, 2.05) is 7.05 Å². The Kier molecular flexibility index (Phi) is 2.36. The molecule has 1 aromatic rings. The summed E-state index contributed by atoms with van der Waals surface area (Å²) in [5.41, 5.74) is 2.66. The molecule has 0 aromatic carbocycles. The highest BCUT2D eigenvalue weighted by Gasteiger charge is 2.17. The minimum absolute atomic E-state index is 1.05. The van der Waals surface area contributed by atoms with Gasteiger partial charge in [0.15, 0.2) is 0 Å². The number of rotatable bonds is 3. The van der Waals surface area contributed by atoms with Crippen molar-refractivity contribution in [3.63, 3.8) is 0 Å². The maximum absolute atomic E-state index is 4.58. The third-order valence-electron chi connectivity index (χ3n) is 2.75. The molecule has 72 valence electrons. The van der Waals surface area contributed by atoms with Crippen molar-refractivity contribution in [2.75, 3.05) is 13.6 Å². The van der Waals surface area contributed by atoms with E-state index < -0.39 is 0 Å². The van der Waals surface area contributed by atoms with Gasteiger partial charge in [-0.2, -0.15) is 0 Å². The van der Waals surface area contributed by atoms with Crippen LogP contribution in [0.5, 0.6) is 0 Å². The number of nitrogens with zero attached hydrogens (tertiary/aromatic N) is 2. The Bertz CT molecular complexity index is 301. The molecule has 2 rings (SSSR count). The fourth-order valence-electron chi connectivity index (χ4n) is 2.08. The quantitative estimate of drug-likeness (QED) is 0.747. The molecule has 1 aliphatic rings. The average Bonchev–Trinajstić information content (AvgIpc) is 2.62. The summed E-state index contributed by atoms with van der Waals surface area (Å²) in [6.45, 7) is 4.34. The lowest BCUT2D eigenvalue weighted by Gasteiger charge is -2.05. The molecule has 0 aliphatic carbocycles. The summed E-state index contributed by atoms with van der Waals surface area (Å²) < 4.78 is 2.40. The second kappa shape index (κ2) is 3.50. The van der Waals surface area contributed by atoms with Gasteiger partial charge >= 0.3 is 0 Å². The van der Waals surface area contributed by atoms with Crippen LogP contribution in [0.25, 0.3) is 0 Å². The van der Waals surface area contributed by atoms with Crippen LogP contribution in [0.4, 0.5) is 0 Å². The third kappa shape index (κ3) is 1.48. The van der Waals surface area contributed by atoms with Crippen molar-refractivity contribution >= 4 is 0 Å². The SMILES string of the molecule is CNCCc1c(C)nc2n1CCC2. The minimum atomic E-state index is 1.05. The average molecular weight is 179 g/mol. The van der Waals surface area contributed by atoms with Crippen LogP contribution in [0.15, 0.2) is 0 Å². The highest BCUT2D eigenvalue weighted by molar-refractivity contribution is 5.18. The highest BCUT2D eigenvalue weighted by Crippen LogP contribution is 2.19. The highest BCUT2D eigenvalue weighted by atomic mass is 15.1. The zero-order valence-corrected chi connectivity index (χ0v) is 8.43. The summed E-state index contributed by atoms with van der Waals surface area (Å²) in [6, 6.07) is 0. The number of nitrogens with one attached hydrogen (secondary N) is 1. The lowest BCUT2D eigenvalue weighted by atomic mass is 10.2. The molecule has 0 atom stereocenters. The molecule has 1 aromatic heterocycles. The van der Waals surface area contributed by atoms with Gasteiger partial charge in [-0.3, -0.25) is 0 Å². The maximum Gasteiger partial charge on any atom is 0.109 e. The Hall–Kier alpha value is -0.830. The van der Waals surface area contributed by atoms with Crippen LogP contribution in [-0.4, -0.2) is 23.1 Å². The largest absolute Gasteiger partial charge is 0.332 e. The number of aryl methyl sites for hydroxylation is 2. The van der Waals surface area contributed by atoms with Crippen LogP contribution in [0.2, 0.25) is 0 Å². The molecule has 0 saturated heterocycles. The molecule has 1 aliphatic heterocycles. The van der Waals surface area contributed by atoms with Gasteiger partial charge in [0.25, 0.3) is 0 Å². The predicted molar refractivity (Wildman–Crippen MR) is 52.9 cm³/mol. The maximum atomic E-state index is 4.58. The number of fused-ring (bicyclic) bond motifs is 1. The second-order valence-corrected chi connectivity index (χ2v) is 3.67. The smallest absolute Gasteiger partial charge is 0.109 e. The van der Waals surface area contributed by atoms with Gasteiger partial charge in [0.1, 0.15) is 5.82 Å². The van der Waals surface area contributed by atoms with Crippen LogP contribution in [0, 0.1) is 6.92 Å². The molecule has 0 amide bonds. The second-order valence-electron chi connectivity index (χ2n) is 3.67. The number of aromatic nitrogens is 2. The van der Waals surface area contributed by atoms with E-state index in [9.17, 15) is 0 Å². The summed E-state index contributed by atoms with van der Waals surface area (Å²) in [4.78, 5) is 4.58. The van der Waals surface area contributed by atoms with Gasteiger partial charge in [0.05, 0.1) is 5.69 Å². The number of likely N-dealkylation sites (N-methyl/N-ethyl adjacent to an activating group) is 1. The standard InChI is InChI=1S/C10H17N3/c1-8-9(5-6-11-2)13-7-3-4-10(13)12-8/h11H,3-7H2,1-2H3. The first-order valence-electron chi connectivity index (χ1n) is 5.02. The molecule has 3 nitrogen and oxygen atoms in total. The van der Waals surface area contributed by atoms with Gasteiger partial charge < -0.3 is 9.88 Å². The Labute approximate surface area is 79.2 Å². The van der Waals surface area contributed by atoms with E-state index in [-0.39, 0.29) is 0 Å². The van der Waals surface area contributed by atoms with E-state index in [0.29, 0.717) is 0 Å². The Morgan fingerprint density at radius 3 is 3.15 bits per heavy atom. The molecule has 0 saturated carbocycles. The third-order valence-corrected chi connectivity index (χ3v) is 2.75. The molecular formula is C10H17N3. The summed E-state index contributed by atoms with van der Waals surface area (Å²) >= 11 is 0. The van der Waals surface area contributed by atoms with E-state index in [4.69, 9.17) is 0 Å². The lowest BCUT2D eigenvalue weighted by molar-refractivity contribution is 0.677. The minimum Gasteiger partial charge on any atom is -0.332 e. The topological polar surface area (TPSA) is 29.9 Å². The fourth-order valence-corrected chi connectivity index (χ4v) is 2.08. The zero-order valence-electron chi connectivity index (χ0n) is 8.43. The molecule has 3 heteroatoms. The molecule has 0 bridgehead atoms.